The summed E-state index contributed by atoms with van der Waals surface area (Å²) in [6, 6.07) is -1.37. The van der Waals surface area contributed by atoms with Crippen molar-refractivity contribution in [3.8, 4) is 0 Å². The number of likely N-dealkylation sites (N-methyl/N-ethyl adjacent to an activating group) is 1. The first-order chi connectivity index (χ1) is 8.11. The quantitative estimate of drug-likeness (QED) is 0.640. The standard InChI is InChI=1S/C12H25N3O3/c1-8(2)6-9(14-11(13)18)10(17)15(5)12(3,4)7-16/h8-9,16H,6-7H2,1-5H3,(H3,13,14,18). The number of aliphatic hydroxyl groups is 1. The Morgan fingerprint density at radius 2 is 1.89 bits per heavy atom. The molecule has 0 heterocycles. The van der Waals surface area contributed by atoms with Gasteiger partial charge in [0.25, 0.3) is 0 Å². The van der Waals surface area contributed by atoms with E-state index in [1.807, 2.05) is 13.8 Å². The molecule has 0 radical (unpaired) electrons. The summed E-state index contributed by atoms with van der Waals surface area (Å²) in [6.07, 6.45) is 0.508. The molecule has 0 aliphatic carbocycles. The summed E-state index contributed by atoms with van der Waals surface area (Å²) >= 11 is 0. The third-order valence-corrected chi connectivity index (χ3v) is 2.95. The molecule has 6 heteroatoms. The highest BCUT2D eigenvalue weighted by Crippen LogP contribution is 2.15. The molecule has 4 N–H and O–H groups in total. The van der Waals surface area contributed by atoms with Crippen molar-refractivity contribution in [3.05, 3.63) is 0 Å². The summed E-state index contributed by atoms with van der Waals surface area (Å²) in [4.78, 5) is 24.6. The molecule has 0 rings (SSSR count). The van der Waals surface area contributed by atoms with Crippen molar-refractivity contribution in [2.24, 2.45) is 11.7 Å². The first-order valence-corrected chi connectivity index (χ1v) is 6.06. The van der Waals surface area contributed by atoms with E-state index in [0.29, 0.717) is 6.42 Å². The van der Waals surface area contributed by atoms with Crippen LogP contribution in [0.4, 0.5) is 4.79 Å². The van der Waals surface area contributed by atoms with Crippen molar-refractivity contribution >= 4 is 11.9 Å². The van der Waals surface area contributed by atoms with Crippen LogP contribution in [0.5, 0.6) is 0 Å². The number of nitrogens with zero attached hydrogens (tertiary/aromatic N) is 1. The predicted octanol–water partition coefficient (Wildman–Crippen LogP) is 0.299. The van der Waals surface area contributed by atoms with Gasteiger partial charge in [-0.3, -0.25) is 4.79 Å². The van der Waals surface area contributed by atoms with E-state index in [1.165, 1.54) is 4.90 Å². The highest BCUT2D eigenvalue weighted by molar-refractivity contribution is 5.86. The van der Waals surface area contributed by atoms with Crippen LogP contribution in [0.3, 0.4) is 0 Å². The van der Waals surface area contributed by atoms with Gasteiger partial charge in [-0.1, -0.05) is 13.8 Å². The zero-order valence-corrected chi connectivity index (χ0v) is 11.9. The van der Waals surface area contributed by atoms with E-state index in [2.05, 4.69) is 5.32 Å². The number of primary amides is 1. The van der Waals surface area contributed by atoms with Crippen LogP contribution in [0.1, 0.15) is 34.1 Å². The van der Waals surface area contributed by atoms with Gasteiger partial charge >= 0.3 is 6.03 Å². The molecule has 0 spiro atoms. The number of carbonyl (C=O) groups excluding carboxylic acids is 2. The van der Waals surface area contributed by atoms with E-state index in [0.717, 1.165) is 0 Å². The topological polar surface area (TPSA) is 95.7 Å². The summed E-state index contributed by atoms with van der Waals surface area (Å²) in [7, 11) is 1.61. The van der Waals surface area contributed by atoms with E-state index in [1.54, 1.807) is 20.9 Å². The molecular weight excluding hydrogens is 234 g/mol. The number of nitrogens with one attached hydrogen (secondary N) is 1. The maximum absolute atomic E-state index is 12.3. The summed E-state index contributed by atoms with van der Waals surface area (Å²) in [5, 5.41) is 11.7. The van der Waals surface area contributed by atoms with Crippen molar-refractivity contribution < 1.29 is 14.7 Å². The third kappa shape index (κ3) is 4.91. The maximum Gasteiger partial charge on any atom is 0.312 e. The van der Waals surface area contributed by atoms with Crippen molar-refractivity contribution in [2.75, 3.05) is 13.7 Å². The highest BCUT2D eigenvalue weighted by Gasteiger charge is 2.32. The first kappa shape index (κ1) is 16.7. The molecule has 0 aromatic carbocycles. The van der Waals surface area contributed by atoms with Crippen molar-refractivity contribution in [2.45, 2.75) is 45.7 Å². The molecule has 0 fully saturated rings. The molecule has 0 aromatic rings. The smallest absolute Gasteiger partial charge is 0.312 e. The Balaban J connectivity index is 4.89. The Hall–Kier alpha value is -1.30. The number of carbonyl (C=O) groups is 2. The molecule has 3 amide bonds. The number of nitrogens with two attached hydrogens (primary N) is 1. The molecule has 0 saturated carbocycles. The van der Waals surface area contributed by atoms with Gasteiger partial charge in [-0.2, -0.15) is 0 Å². The maximum atomic E-state index is 12.3. The zero-order valence-electron chi connectivity index (χ0n) is 11.9. The monoisotopic (exact) mass is 259 g/mol. The van der Waals surface area contributed by atoms with Crippen LogP contribution >= 0.6 is 0 Å². The van der Waals surface area contributed by atoms with Gasteiger partial charge in [0.15, 0.2) is 0 Å². The van der Waals surface area contributed by atoms with E-state index in [4.69, 9.17) is 5.73 Å². The van der Waals surface area contributed by atoms with Crippen LogP contribution < -0.4 is 11.1 Å². The van der Waals surface area contributed by atoms with Gasteiger partial charge < -0.3 is 21.1 Å². The number of rotatable bonds is 6. The molecule has 0 aliphatic rings. The Kier molecular flexibility index (Phi) is 6.11. The molecule has 0 aromatic heterocycles. The number of aliphatic hydroxyl groups excluding tert-OH is 1. The van der Waals surface area contributed by atoms with E-state index < -0.39 is 17.6 Å². The molecule has 0 saturated heterocycles. The molecule has 6 nitrogen and oxygen atoms in total. The van der Waals surface area contributed by atoms with Crippen LogP contribution in [0.25, 0.3) is 0 Å². The fourth-order valence-electron chi connectivity index (χ4n) is 1.50. The summed E-state index contributed by atoms with van der Waals surface area (Å²) in [5.74, 6) is -0.00186. The molecule has 0 bridgehead atoms. The molecule has 1 unspecified atom stereocenters. The molecule has 1 atom stereocenters. The average Bonchev–Trinajstić information content (AvgIpc) is 2.24. The lowest BCUT2D eigenvalue weighted by Crippen LogP contribution is -2.56. The van der Waals surface area contributed by atoms with Crippen LogP contribution in [0.15, 0.2) is 0 Å². The third-order valence-electron chi connectivity index (χ3n) is 2.95. The Morgan fingerprint density at radius 1 is 1.39 bits per heavy atom. The first-order valence-electron chi connectivity index (χ1n) is 6.06. The lowest BCUT2D eigenvalue weighted by molar-refractivity contribution is -0.138. The Bertz CT molecular complexity index is 303. The summed E-state index contributed by atoms with van der Waals surface area (Å²) < 4.78 is 0. The lowest BCUT2D eigenvalue weighted by atomic mass is 9.99. The minimum atomic E-state index is -0.718. The van der Waals surface area contributed by atoms with Gasteiger partial charge in [0.2, 0.25) is 5.91 Å². The van der Waals surface area contributed by atoms with E-state index >= 15 is 0 Å². The molecule has 0 aliphatic heterocycles. The van der Waals surface area contributed by atoms with Gasteiger partial charge in [-0.15, -0.1) is 0 Å². The van der Waals surface area contributed by atoms with Crippen LogP contribution in [-0.4, -0.2) is 47.2 Å². The fraction of sp³-hybridized carbons (Fsp3) is 0.833. The SMILES string of the molecule is CC(C)CC(NC(N)=O)C(=O)N(C)C(C)(C)CO. The van der Waals surface area contributed by atoms with E-state index in [-0.39, 0.29) is 18.4 Å². The van der Waals surface area contributed by atoms with Crippen molar-refractivity contribution in [1.29, 1.82) is 0 Å². The summed E-state index contributed by atoms with van der Waals surface area (Å²) in [6.45, 7) is 7.27. The van der Waals surface area contributed by atoms with Gasteiger partial charge in [0.05, 0.1) is 12.1 Å². The predicted molar refractivity (Wildman–Crippen MR) is 69.9 cm³/mol. The average molecular weight is 259 g/mol. The summed E-state index contributed by atoms with van der Waals surface area (Å²) in [5.41, 5.74) is 4.40. The van der Waals surface area contributed by atoms with Crippen molar-refractivity contribution in [1.82, 2.24) is 10.2 Å². The second-order valence-corrected chi connectivity index (χ2v) is 5.56. The fourth-order valence-corrected chi connectivity index (χ4v) is 1.50. The highest BCUT2D eigenvalue weighted by atomic mass is 16.3. The Labute approximate surface area is 109 Å². The van der Waals surface area contributed by atoms with Crippen molar-refractivity contribution in [3.63, 3.8) is 0 Å². The Morgan fingerprint density at radius 3 is 2.22 bits per heavy atom. The molecular formula is C12H25N3O3. The van der Waals surface area contributed by atoms with Crippen LogP contribution in [-0.2, 0) is 4.79 Å². The van der Waals surface area contributed by atoms with Crippen LogP contribution in [0, 0.1) is 5.92 Å². The second-order valence-electron chi connectivity index (χ2n) is 5.56. The van der Waals surface area contributed by atoms with Gasteiger partial charge in [-0.25, -0.2) is 4.79 Å². The normalized spacial score (nSPS) is 13.3. The van der Waals surface area contributed by atoms with Gasteiger partial charge in [0.1, 0.15) is 6.04 Å². The second kappa shape index (κ2) is 6.58. The van der Waals surface area contributed by atoms with Crippen LogP contribution in [0.2, 0.25) is 0 Å². The number of amides is 3. The minimum absolute atomic E-state index is 0.153. The number of hydrogen-bond acceptors (Lipinski definition) is 3. The van der Waals surface area contributed by atoms with Gasteiger partial charge in [-0.05, 0) is 26.2 Å². The number of hydrogen-bond donors (Lipinski definition) is 3. The molecule has 18 heavy (non-hydrogen) atoms. The minimum Gasteiger partial charge on any atom is -0.394 e. The lowest BCUT2D eigenvalue weighted by Gasteiger charge is -2.36. The van der Waals surface area contributed by atoms with Gasteiger partial charge in [0, 0.05) is 7.05 Å². The number of urea groups is 1. The largest absolute Gasteiger partial charge is 0.394 e. The van der Waals surface area contributed by atoms with E-state index in [9.17, 15) is 14.7 Å². The zero-order chi connectivity index (χ0) is 14.5. The molecule has 106 valence electrons.